The van der Waals surface area contributed by atoms with Gasteiger partial charge in [0.05, 0.1) is 7.11 Å². The van der Waals surface area contributed by atoms with Crippen LogP contribution in [-0.4, -0.2) is 12.0 Å². The number of nitrogen functional groups attached to an aromatic ring is 1. The number of anilines is 1. The van der Waals surface area contributed by atoms with Crippen LogP contribution in [0, 0.1) is 5.82 Å². The van der Waals surface area contributed by atoms with Crippen LogP contribution in [0.2, 0.25) is 0 Å². The summed E-state index contributed by atoms with van der Waals surface area (Å²) < 4.78 is 19.2. The van der Waals surface area contributed by atoms with Gasteiger partial charge in [-0.2, -0.15) is 0 Å². The molecule has 0 spiro atoms. The van der Waals surface area contributed by atoms with E-state index in [-0.39, 0.29) is 5.82 Å². The third kappa shape index (κ3) is 2.23. The number of hydrogen-bond acceptors (Lipinski definition) is 3. The number of hydrogen-bond donors (Lipinski definition) is 1. The van der Waals surface area contributed by atoms with Crippen LogP contribution < -0.4 is 10.5 Å². The lowest BCUT2D eigenvalue weighted by Crippen LogP contribution is -2.16. The Labute approximate surface area is 117 Å². The predicted octanol–water partition coefficient (Wildman–Crippen LogP) is 2.93. The molecule has 104 valence electrons. The summed E-state index contributed by atoms with van der Waals surface area (Å²) >= 11 is 0. The van der Waals surface area contributed by atoms with Crippen molar-refractivity contribution in [3.63, 3.8) is 0 Å². The zero-order chi connectivity index (χ0) is 14.1. The largest absolute Gasteiger partial charge is 0.494 e. The van der Waals surface area contributed by atoms with Crippen molar-refractivity contribution in [2.45, 2.75) is 19.6 Å². The fourth-order valence-corrected chi connectivity index (χ4v) is 2.70. The quantitative estimate of drug-likeness (QED) is 0.873. The van der Waals surface area contributed by atoms with Gasteiger partial charge in [0.2, 0.25) is 0 Å². The highest BCUT2D eigenvalue weighted by Crippen LogP contribution is 2.30. The highest BCUT2D eigenvalue weighted by Gasteiger charge is 2.22. The van der Waals surface area contributed by atoms with Crippen molar-refractivity contribution in [1.82, 2.24) is 4.90 Å². The molecule has 0 radical (unpaired) electrons. The zero-order valence-corrected chi connectivity index (χ0v) is 11.4. The van der Waals surface area contributed by atoms with E-state index in [9.17, 15) is 4.39 Å². The first-order valence-corrected chi connectivity index (χ1v) is 6.59. The smallest absolute Gasteiger partial charge is 0.169 e. The minimum atomic E-state index is -0.279. The molecule has 2 aromatic rings. The summed E-state index contributed by atoms with van der Waals surface area (Å²) in [5.74, 6) is 0.0117. The Morgan fingerprint density at radius 2 is 2.00 bits per heavy atom. The van der Waals surface area contributed by atoms with E-state index in [0.717, 1.165) is 24.3 Å². The number of fused-ring (bicyclic) bond motifs is 1. The monoisotopic (exact) mass is 272 g/mol. The second kappa shape index (κ2) is 5.13. The zero-order valence-electron chi connectivity index (χ0n) is 11.4. The normalized spacial score (nSPS) is 14.3. The van der Waals surface area contributed by atoms with Gasteiger partial charge < -0.3 is 10.5 Å². The van der Waals surface area contributed by atoms with Gasteiger partial charge in [-0.25, -0.2) is 4.39 Å². The molecule has 2 aromatic carbocycles. The number of methoxy groups -OCH3 is 1. The van der Waals surface area contributed by atoms with Gasteiger partial charge in [0.25, 0.3) is 0 Å². The molecule has 0 bridgehead atoms. The Bertz CT molecular complexity index is 642. The lowest BCUT2D eigenvalue weighted by molar-refractivity contribution is 0.269. The van der Waals surface area contributed by atoms with E-state index in [4.69, 9.17) is 10.5 Å². The molecule has 0 aromatic heterocycles. The number of rotatable bonds is 3. The summed E-state index contributed by atoms with van der Waals surface area (Å²) in [6, 6.07) is 11.2. The van der Waals surface area contributed by atoms with Crippen molar-refractivity contribution in [3.8, 4) is 5.75 Å². The first kappa shape index (κ1) is 12.9. The van der Waals surface area contributed by atoms with Gasteiger partial charge in [0, 0.05) is 30.9 Å². The minimum absolute atomic E-state index is 0.279. The molecule has 0 amide bonds. The van der Waals surface area contributed by atoms with Crippen molar-refractivity contribution in [1.29, 1.82) is 0 Å². The first-order valence-electron chi connectivity index (χ1n) is 6.59. The van der Waals surface area contributed by atoms with Crippen molar-refractivity contribution in [2.75, 3.05) is 12.8 Å². The molecule has 3 rings (SSSR count). The molecule has 0 atom stereocenters. The van der Waals surface area contributed by atoms with Gasteiger partial charge >= 0.3 is 0 Å². The molecule has 3 nitrogen and oxygen atoms in total. The number of nitrogens with zero attached hydrogens (tertiary/aromatic N) is 1. The van der Waals surface area contributed by atoms with E-state index in [2.05, 4.69) is 11.0 Å². The fraction of sp³-hybridized carbons (Fsp3) is 0.250. The fourth-order valence-electron chi connectivity index (χ4n) is 2.70. The van der Waals surface area contributed by atoms with Crippen LogP contribution in [-0.2, 0) is 19.6 Å². The summed E-state index contributed by atoms with van der Waals surface area (Å²) in [5, 5.41) is 0. The molecule has 0 saturated heterocycles. The van der Waals surface area contributed by atoms with Crippen LogP contribution in [0.25, 0.3) is 0 Å². The number of halogens is 1. The highest BCUT2D eigenvalue weighted by molar-refractivity contribution is 5.52. The van der Waals surface area contributed by atoms with Gasteiger partial charge in [0.15, 0.2) is 11.6 Å². The third-order valence-electron chi connectivity index (χ3n) is 3.74. The maximum Gasteiger partial charge on any atom is 0.169 e. The van der Waals surface area contributed by atoms with E-state index in [1.54, 1.807) is 12.1 Å². The van der Waals surface area contributed by atoms with Crippen molar-refractivity contribution in [2.24, 2.45) is 0 Å². The topological polar surface area (TPSA) is 38.5 Å². The molecule has 1 aliphatic heterocycles. The molecule has 1 heterocycles. The third-order valence-corrected chi connectivity index (χ3v) is 3.74. The molecule has 0 unspecified atom stereocenters. The van der Waals surface area contributed by atoms with Crippen LogP contribution >= 0.6 is 0 Å². The van der Waals surface area contributed by atoms with Crippen LogP contribution in [0.5, 0.6) is 5.75 Å². The minimum Gasteiger partial charge on any atom is -0.494 e. The molecule has 4 heteroatoms. The Hall–Kier alpha value is -2.07. The van der Waals surface area contributed by atoms with E-state index >= 15 is 0 Å². The highest BCUT2D eigenvalue weighted by atomic mass is 19.1. The van der Waals surface area contributed by atoms with Crippen LogP contribution in [0.4, 0.5) is 10.1 Å². The first-order chi connectivity index (χ1) is 9.69. The van der Waals surface area contributed by atoms with Gasteiger partial charge in [-0.1, -0.05) is 24.3 Å². The molecular weight excluding hydrogens is 255 g/mol. The SMILES string of the molecule is COc1cccc(CN2Cc3cccc(N)c3C2)c1F. The van der Waals surface area contributed by atoms with Crippen LogP contribution in [0.1, 0.15) is 16.7 Å². The summed E-state index contributed by atoms with van der Waals surface area (Å²) in [6.45, 7) is 2.12. The van der Waals surface area contributed by atoms with E-state index < -0.39 is 0 Å². The Balaban J connectivity index is 1.80. The van der Waals surface area contributed by atoms with Gasteiger partial charge in [-0.3, -0.25) is 4.90 Å². The molecule has 20 heavy (non-hydrogen) atoms. The van der Waals surface area contributed by atoms with Crippen molar-refractivity contribution >= 4 is 5.69 Å². The Kier molecular flexibility index (Phi) is 3.32. The number of benzene rings is 2. The second-order valence-electron chi connectivity index (χ2n) is 5.06. The maximum absolute atomic E-state index is 14.2. The van der Waals surface area contributed by atoms with Gasteiger partial charge in [0.1, 0.15) is 0 Å². The van der Waals surface area contributed by atoms with Crippen molar-refractivity contribution < 1.29 is 9.13 Å². The van der Waals surface area contributed by atoms with Crippen LogP contribution in [0.15, 0.2) is 36.4 Å². The van der Waals surface area contributed by atoms with Crippen molar-refractivity contribution in [3.05, 3.63) is 58.9 Å². The second-order valence-corrected chi connectivity index (χ2v) is 5.06. The van der Waals surface area contributed by atoms with Gasteiger partial charge in [-0.05, 0) is 23.3 Å². The standard InChI is InChI=1S/C16H17FN2O/c1-20-15-7-3-5-12(16(15)17)9-19-8-11-4-2-6-14(18)13(11)10-19/h2-7H,8-10,18H2,1H3. The average Bonchev–Trinajstić information content (AvgIpc) is 2.85. The molecule has 2 N–H and O–H groups in total. The Morgan fingerprint density at radius 3 is 2.75 bits per heavy atom. The summed E-state index contributed by atoms with van der Waals surface area (Å²) in [4.78, 5) is 2.18. The van der Waals surface area contributed by atoms with E-state index in [0.29, 0.717) is 17.9 Å². The average molecular weight is 272 g/mol. The van der Waals surface area contributed by atoms with E-state index in [1.807, 2.05) is 18.2 Å². The molecule has 0 fully saturated rings. The lowest BCUT2D eigenvalue weighted by atomic mass is 10.1. The molecule has 0 saturated carbocycles. The molecule has 0 aliphatic carbocycles. The van der Waals surface area contributed by atoms with E-state index in [1.165, 1.54) is 12.7 Å². The lowest BCUT2D eigenvalue weighted by Gasteiger charge is -2.16. The summed E-state index contributed by atoms with van der Waals surface area (Å²) in [5.41, 5.74) is 9.84. The number of ether oxygens (including phenoxy) is 1. The molecular formula is C16H17FN2O. The summed E-state index contributed by atoms with van der Waals surface area (Å²) in [6.07, 6.45) is 0. The Morgan fingerprint density at radius 1 is 1.20 bits per heavy atom. The number of nitrogens with two attached hydrogens (primary N) is 1. The van der Waals surface area contributed by atoms with Gasteiger partial charge in [-0.15, -0.1) is 0 Å². The molecule has 1 aliphatic rings. The van der Waals surface area contributed by atoms with Crippen LogP contribution in [0.3, 0.4) is 0 Å². The summed E-state index contributed by atoms with van der Waals surface area (Å²) in [7, 11) is 1.48. The maximum atomic E-state index is 14.2. The predicted molar refractivity (Wildman–Crippen MR) is 76.8 cm³/mol.